The van der Waals surface area contributed by atoms with E-state index in [-0.39, 0.29) is 17.4 Å². The first-order chi connectivity index (χ1) is 18.5. The van der Waals surface area contributed by atoms with Gasteiger partial charge in [-0.05, 0) is 67.6 Å². The summed E-state index contributed by atoms with van der Waals surface area (Å²) in [5.41, 5.74) is 3.14. The van der Waals surface area contributed by atoms with E-state index in [4.69, 9.17) is 0 Å². The van der Waals surface area contributed by atoms with Crippen LogP contribution in [0.1, 0.15) is 48.4 Å². The minimum atomic E-state index is -0.200. The number of hydrogen-bond donors (Lipinski definition) is 1. The normalized spacial score (nSPS) is 18.0. The van der Waals surface area contributed by atoms with Gasteiger partial charge < -0.3 is 15.1 Å². The van der Waals surface area contributed by atoms with Crippen LogP contribution in [-0.4, -0.2) is 47.8 Å². The van der Waals surface area contributed by atoms with Crippen LogP contribution in [0.5, 0.6) is 0 Å². The smallest absolute Gasteiger partial charge is 0.229 e. The molecule has 2 saturated heterocycles. The lowest BCUT2D eigenvalue weighted by Gasteiger charge is -2.38. The minimum Gasteiger partial charge on any atom is -0.349 e. The number of hydrogen-bond acceptors (Lipinski definition) is 3. The van der Waals surface area contributed by atoms with Crippen molar-refractivity contribution in [1.29, 1.82) is 0 Å². The second-order valence-electron chi connectivity index (χ2n) is 10.7. The second kappa shape index (κ2) is 12.3. The fourth-order valence-electron chi connectivity index (χ4n) is 5.87. The van der Waals surface area contributed by atoms with E-state index in [9.17, 15) is 9.59 Å². The molecule has 5 rings (SSSR count). The lowest BCUT2D eigenvalue weighted by atomic mass is 9.77. The Morgan fingerprint density at radius 2 is 1.47 bits per heavy atom. The van der Waals surface area contributed by atoms with Crippen molar-refractivity contribution in [3.8, 4) is 0 Å². The lowest BCUT2D eigenvalue weighted by Crippen LogP contribution is -2.45. The fourth-order valence-corrected chi connectivity index (χ4v) is 6.13. The highest BCUT2D eigenvalue weighted by atomic mass is 79.9. The van der Waals surface area contributed by atoms with Crippen LogP contribution in [0.15, 0.2) is 89.4 Å². The van der Waals surface area contributed by atoms with Gasteiger partial charge in [-0.25, -0.2) is 0 Å². The maximum Gasteiger partial charge on any atom is 0.229 e. The molecule has 2 heterocycles. The largest absolute Gasteiger partial charge is 0.349 e. The van der Waals surface area contributed by atoms with E-state index < -0.39 is 0 Å². The highest BCUT2D eigenvalue weighted by Gasteiger charge is 2.47. The molecule has 0 aliphatic carbocycles. The van der Waals surface area contributed by atoms with E-state index in [2.05, 4.69) is 50.4 Å². The zero-order chi connectivity index (χ0) is 26.4. The van der Waals surface area contributed by atoms with Crippen LogP contribution in [0.2, 0.25) is 0 Å². The van der Waals surface area contributed by atoms with Crippen molar-refractivity contribution in [2.75, 3.05) is 26.2 Å². The predicted octanol–water partition coefficient (Wildman–Crippen LogP) is 5.75. The number of amides is 2. The highest BCUT2D eigenvalue weighted by molar-refractivity contribution is 9.10. The Bertz CT molecular complexity index is 1210. The molecule has 2 amide bonds. The van der Waals surface area contributed by atoms with Crippen LogP contribution in [0, 0.1) is 5.41 Å². The van der Waals surface area contributed by atoms with E-state index in [0.29, 0.717) is 18.9 Å². The molecule has 3 aromatic carbocycles. The van der Waals surface area contributed by atoms with Gasteiger partial charge in [-0.15, -0.1) is 0 Å². The van der Waals surface area contributed by atoms with Gasteiger partial charge in [0.25, 0.3) is 0 Å². The van der Waals surface area contributed by atoms with E-state index in [1.807, 2.05) is 65.6 Å². The standard InChI is InChI=1S/C32H36BrN3O2/c33-28-13-11-26(12-14-28)24-36-22-18-32(31(36)38)16-20-35(21-17-32)19-15-29(27-9-5-2-6-10-27)34-30(37)23-25-7-3-1-4-8-25/h1-14,29H,15-24H2,(H,34,37). The Balaban J connectivity index is 1.14. The fraction of sp³-hybridized carbons (Fsp3) is 0.375. The third kappa shape index (κ3) is 6.54. The molecule has 0 bridgehead atoms. The van der Waals surface area contributed by atoms with E-state index in [1.165, 1.54) is 5.56 Å². The first-order valence-corrected chi connectivity index (χ1v) is 14.4. The van der Waals surface area contributed by atoms with Crippen LogP contribution < -0.4 is 5.32 Å². The molecule has 0 radical (unpaired) electrons. The average Bonchev–Trinajstić information content (AvgIpc) is 3.24. The van der Waals surface area contributed by atoms with Crippen LogP contribution in [0.3, 0.4) is 0 Å². The molecule has 0 saturated carbocycles. The van der Waals surface area contributed by atoms with Crippen molar-refractivity contribution >= 4 is 27.7 Å². The monoisotopic (exact) mass is 573 g/mol. The number of carbonyl (C=O) groups is 2. The number of halogens is 1. The first-order valence-electron chi connectivity index (χ1n) is 13.7. The number of nitrogens with one attached hydrogen (secondary N) is 1. The number of benzene rings is 3. The van der Waals surface area contributed by atoms with Crippen molar-refractivity contribution in [2.24, 2.45) is 5.41 Å². The molecule has 1 atom stereocenters. The zero-order valence-corrected chi connectivity index (χ0v) is 23.4. The van der Waals surface area contributed by atoms with Gasteiger partial charge in [-0.3, -0.25) is 9.59 Å². The molecule has 198 valence electrons. The summed E-state index contributed by atoms with van der Waals surface area (Å²) in [5, 5.41) is 3.28. The minimum absolute atomic E-state index is 0.0298. The summed E-state index contributed by atoms with van der Waals surface area (Å²) >= 11 is 3.49. The van der Waals surface area contributed by atoms with Crippen molar-refractivity contribution in [1.82, 2.24) is 15.1 Å². The van der Waals surface area contributed by atoms with Crippen molar-refractivity contribution in [3.63, 3.8) is 0 Å². The lowest BCUT2D eigenvalue weighted by molar-refractivity contribution is -0.139. The van der Waals surface area contributed by atoms with Crippen molar-refractivity contribution in [3.05, 3.63) is 106 Å². The number of piperidine rings is 1. The predicted molar refractivity (Wildman–Crippen MR) is 154 cm³/mol. The van der Waals surface area contributed by atoms with Gasteiger partial charge >= 0.3 is 0 Å². The Kier molecular flexibility index (Phi) is 8.60. The Hall–Kier alpha value is -2.96. The molecule has 1 unspecified atom stereocenters. The zero-order valence-electron chi connectivity index (χ0n) is 21.8. The van der Waals surface area contributed by atoms with Gasteiger partial charge in [0.1, 0.15) is 0 Å². The first kappa shape index (κ1) is 26.6. The Morgan fingerprint density at radius 1 is 0.842 bits per heavy atom. The topological polar surface area (TPSA) is 52.7 Å². The van der Waals surface area contributed by atoms with Crippen LogP contribution in [0.4, 0.5) is 0 Å². The molecular formula is C32H36BrN3O2. The molecule has 5 nitrogen and oxygen atoms in total. The molecule has 6 heteroatoms. The van der Waals surface area contributed by atoms with Gasteiger partial charge in [0.15, 0.2) is 0 Å². The summed E-state index contributed by atoms with van der Waals surface area (Å²) in [7, 11) is 0. The summed E-state index contributed by atoms with van der Waals surface area (Å²) in [6.07, 6.45) is 4.02. The van der Waals surface area contributed by atoms with Gasteiger partial charge in [0.2, 0.25) is 11.8 Å². The number of rotatable bonds is 9. The maximum atomic E-state index is 13.4. The number of carbonyl (C=O) groups excluding carboxylic acids is 2. The maximum absolute atomic E-state index is 13.4. The summed E-state index contributed by atoms with van der Waals surface area (Å²) in [6, 6.07) is 28.4. The van der Waals surface area contributed by atoms with Crippen molar-refractivity contribution in [2.45, 2.75) is 44.7 Å². The molecule has 0 aromatic heterocycles. The highest BCUT2D eigenvalue weighted by Crippen LogP contribution is 2.42. The molecule has 1 N–H and O–H groups in total. The average molecular weight is 575 g/mol. The third-order valence-electron chi connectivity index (χ3n) is 8.18. The quantitative estimate of drug-likeness (QED) is 0.354. The van der Waals surface area contributed by atoms with Gasteiger partial charge in [-0.1, -0.05) is 88.7 Å². The molecule has 1 spiro atoms. The molecule has 38 heavy (non-hydrogen) atoms. The second-order valence-corrected chi connectivity index (χ2v) is 11.6. The van der Waals surface area contributed by atoms with E-state index >= 15 is 0 Å². The molecule has 2 aliphatic rings. The summed E-state index contributed by atoms with van der Waals surface area (Å²) in [6.45, 7) is 4.30. The Labute approximate surface area is 234 Å². The van der Waals surface area contributed by atoms with Crippen molar-refractivity contribution < 1.29 is 9.59 Å². The summed E-state index contributed by atoms with van der Waals surface area (Å²) in [4.78, 5) is 30.8. The number of likely N-dealkylation sites (tertiary alicyclic amines) is 2. The molecule has 2 fully saturated rings. The van der Waals surface area contributed by atoms with Crippen LogP contribution >= 0.6 is 15.9 Å². The molecule has 3 aromatic rings. The number of nitrogens with zero attached hydrogens (tertiary/aromatic N) is 2. The van der Waals surface area contributed by atoms with Gasteiger partial charge in [0, 0.05) is 24.1 Å². The Morgan fingerprint density at radius 3 is 2.16 bits per heavy atom. The van der Waals surface area contributed by atoms with E-state index in [1.54, 1.807) is 0 Å². The van der Waals surface area contributed by atoms with Crippen LogP contribution in [0.25, 0.3) is 0 Å². The van der Waals surface area contributed by atoms with Gasteiger partial charge in [0.05, 0.1) is 17.9 Å². The molecular weight excluding hydrogens is 538 g/mol. The summed E-state index contributed by atoms with van der Waals surface area (Å²) in [5.74, 6) is 0.375. The van der Waals surface area contributed by atoms with Crippen LogP contribution in [-0.2, 0) is 22.6 Å². The SMILES string of the molecule is O=C(Cc1ccccc1)NC(CCN1CCC2(CC1)CCN(Cc1ccc(Br)cc1)C2=O)c1ccccc1. The van der Waals surface area contributed by atoms with E-state index in [0.717, 1.165) is 67.5 Å². The molecule has 2 aliphatic heterocycles. The van der Waals surface area contributed by atoms with Gasteiger partial charge in [-0.2, -0.15) is 0 Å². The third-order valence-corrected chi connectivity index (χ3v) is 8.71. The summed E-state index contributed by atoms with van der Waals surface area (Å²) < 4.78 is 1.06.